The summed E-state index contributed by atoms with van der Waals surface area (Å²) in [5, 5.41) is 0. The van der Waals surface area contributed by atoms with Crippen molar-refractivity contribution in [2.45, 2.75) is 38.3 Å². The number of carbonyl (C=O) groups excluding carboxylic acids is 3. The number of hydrogen-bond donors (Lipinski definition) is 2. The van der Waals surface area contributed by atoms with Crippen LogP contribution in [0.4, 0.5) is 4.79 Å². The molecule has 1 unspecified atom stereocenters. The van der Waals surface area contributed by atoms with Crippen molar-refractivity contribution in [3.05, 3.63) is 70.2 Å². The lowest BCUT2D eigenvalue weighted by molar-refractivity contribution is -0.134. The first-order chi connectivity index (χ1) is 14.3. The predicted octanol–water partition coefficient (Wildman–Crippen LogP) is 3.81. The van der Waals surface area contributed by atoms with Crippen LogP contribution in [-0.4, -0.2) is 29.4 Å². The lowest BCUT2D eigenvalue weighted by Crippen LogP contribution is -2.51. The van der Waals surface area contributed by atoms with Crippen LogP contribution in [0.2, 0.25) is 0 Å². The van der Waals surface area contributed by atoms with Crippen molar-refractivity contribution in [2.24, 2.45) is 0 Å². The number of halogens is 1. The molecule has 2 aromatic rings. The predicted molar refractivity (Wildman–Crippen MR) is 115 cm³/mol. The van der Waals surface area contributed by atoms with E-state index in [1.807, 2.05) is 61.5 Å². The van der Waals surface area contributed by atoms with Crippen LogP contribution in [0.1, 0.15) is 43.9 Å². The monoisotopic (exact) mass is 473 g/mol. The van der Waals surface area contributed by atoms with E-state index in [1.54, 1.807) is 4.90 Å². The Kier molecular flexibility index (Phi) is 6.77. The Hall–Kier alpha value is -2.87. The number of rotatable bonds is 5. The lowest BCUT2D eigenvalue weighted by atomic mass is 9.85. The minimum Gasteiger partial charge on any atom is -0.437 e. The van der Waals surface area contributed by atoms with Gasteiger partial charge in [-0.1, -0.05) is 58.4 Å². The fourth-order valence-corrected chi connectivity index (χ4v) is 3.84. The molecule has 1 aliphatic heterocycles. The van der Waals surface area contributed by atoms with E-state index < -0.39 is 17.6 Å². The molecule has 3 amide bonds. The van der Waals surface area contributed by atoms with Gasteiger partial charge in [-0.2, -0.15) is 0 Å². The van der Waals surface area contributed by atoms with Gasteiger partial charge in [-0.3, -0.25) is 20.4 Å². The zero-order valence-electron chi connectivity index (χ0n) is 16.9. The molecule has 8 heteroatoms. The highest BCUT2D eigenvalue weighted by molar-refractivity contribution is 9.10. The minimum absolute atomic E-state index is 0.0937. The van der Waals surface area contributed by atoms with Crippen LogP contribution in [-0.2, 0) is 19.9 Å². The standard InChI is InChI=1S/C22H24BrN3O4/c1-15(17-8-10-19(23)11-9-17)26-13-12-22(30-21(26)29,18-6-4-3-5-7-18)14-20(28)25-24-16(2)27/h3-11,15H,12-14H2,1-2H3,(H,24,27)(H,25,28)/t15-,22?/m0/s1. The molecule has 0 bridgehead atoms. The average molecular weight is 474 g/mol. The van der Waals surface area contributed by atoms with Crippen LogP contribution in [0.3, 0.4) is 0 Å². The van der Waals surface area contributed by atoms with E-state index in [4.69, 9.17) is 4.74 Å². The fraction of sp³-hybridized carbons (Fsp3) is 0.318. The number of cyclic esters (lactones) is 1. The summed E-state index contributed by atoms with van der Waals surface area (Å²) < 4.78 is 6.89. The van der Waals surface area contributed by atoms with Gasteiger partial charge in [-0.15, -0.1) is 0 Å². The molecule has 1 fully saturated rings. The van der Waals surface area contributed by atoms with Crippen molar-refractivity contribution in [1.82, 2.24) is 15.8 Å². The SMILES string of the molecule is CC(=O)NNC(=O)CC1(c2ccccc2)CCN([C@@H](C)c2ccc(Br)cc2)C(=O)O1. The smallest absolute Gasteiger partial charge is 0.411 e. The maximum absolute atomic E-state index is 13.0. The second-order valence-electron chi connectivity index (χ2n) is 7.31. The quantitative estimate of drug-likeness (QED) is 0.646. The summed E-state index contributed by atoms with van der Waals surface area (Å²) in [6, 6.07) is 16.8. The molecule has 2 atom stereocenters. The Morgan fingerprint density at radius 1 is 1.13 bits per heavy atom. The van der Waals surface area contributed by atoms with Crippen molar-refractivity contribution in [2.75, 3.05) is 6.54 Å². The van der Waals surface area contributed by atoms with Gasteiger partial charge in [0.25, 0.3) is 0 Å². The van der Waals surface area contributed by atoms with Gasteiger partial charge in [0.05, 0.1) is 12.5 Å². The van der Waals surface area contributed by atoms with Crippen molar-refractivity contribution >= 4 is 33.8 Å². The average Bonchev–Trinajstić information content (AvgIpc) is 2.73. The first-order valence-electron chi connectivity index (χ1n) is 9.67. The van der Waals surface area contributed by atoms with Crippen molar-refractivity contribution in [3.63, 3.8) is 0 Å². The Morgan fingerprint density at radius 2 is 1.80 bits per heavy atom. The molecule has 1 heterocycles. The molecule has 2 aromatic carbocycles. The molecule has 7 nitrogen and oxygen atoms in total. The lowest BCUT2D eigenvalue weighted by Gasteiger charge is -2.43. The molecule has 0 radical (unpaired) electrons. The van der Waals surface area contributed by atoms with Gasteiger partial charge in [0.1, 0.15) is 5.60 Å². The molecule has 30 heavy (non-hydrogen) atoms. The van der Waals surface area contributed by atoms with E-state index in [0.717, 1.165) is 15.6 Å². The summed E-state index contributed by atoms with van der Waals surface area (Å²) >= 11 is 3.42. The summed E-state index contributed by atoms with van der Waals surface area (Å²) in [6.07, 6.45) is -0.131. The van der Waals surface area contributed by atoms with E-state index in [0.29, 0.717) is 13.0 Å². The third-order valence-corrected chi connectivity index (χ3v) is 5.75. The Balaban J connectivity index is 1.80. The van der Waals surface area contributed by atoms with Gasteiger partial charge >= 0.3 is 6.09 Å². The van der Waals surface area contributed by atoms with Crippen molar-refractivity contribution in [3.8, 4) is 0 Å². The van der Waals surface area contributed by atoms with E-state index >= 15 is 0 Å². The van der Waals surface area contributed by atoms with E-state index in [-0.39, 0.29) is 18.4 Å². The number of ether oxygens (including phenoxy) is 1. The molecule has 0 aromatic heterocycles. The van der Waals surface area contributed by atoms with E-state index in [1.165, 1.54) is 6.92 Å². The Bertz CT molecular complexity index is 920. The Morgan fingerprint density at radius 3 is 2.40 bits per heavy atom. The zero-order chi connectivity index (χ0) is 21.7. The summed E-state index contributed by atoms with van der Waals surface area (Å²) in [5.74, 6) is -0.816. The third kappa shape index (κ3) is 4.99. The highest BCUT2D eigenvalue weighted by Crippen LogP contribution is 2.39. The molecule has 3 rings (SSSR count). The Labute approximate surface area is 183 Å². The van der Waals surface area contributed by atoms with E-state index in [9.17, 15) is 14.4 Å². The van der Waals surface area contributed by atoms with Gasteiger partial charge in [0, 0.05) is 24.4 Å². The van der Waals surface area contributed by atoms with Crippen molar-refractivity contribution < 1.29 is 19.1 Å². The molecule has 0 aliphatic carbocycles. The molecule has 1 saturated heterocycles. The van der Waals surface area contributed by atoms with Crippen LogP contribution in [0.15, 0.2) is 59.1 Å². The first-order valence-corrected chi connectivity index (χ1v) is 10.5. The van der Waals surface area contributed by atoms with E-state index in [2.05, 4.69) is 26.8 Å². The molecule has 0 saturated carbocycles. The molecular formula is C22H24BrN3O4. The highest BCUT2D eigenvalue weighted by atomic mass is 79.9. The largest absolute Gasteiger partial charge is 0.437 e. The number of hydrogen-bond acceptors (Lipinski definition) is 4. The number of nitrogens with one attached hydrogen (secondary N) is 2. The summed E-state index contributed by atoms with van der Waals surface area (Å²) in [5.41, 5.74) is 5.26. The molecule has 0 spiro atoms. The van der Waals surface area contributed by atoms with Gasteiger partial charge in [0.15, 0.2) is 0 Å². The molecule has 2 N–H and O–H groups in total. The number of nitrogens with zero attached hydrogens (tertiary/aromatic N) is 1. The van der Waals surface area contributed by atoms with Gasteiger partial charge < -0.3 is 9.64 Å². The maximum atomic E-state index is 13.0. The highest BCUT2D eigenvalue weighted by Gasteiger charge is 2.45. The fourth-order valence-electron chi connectivity index (χ4n) is 3.58. The van der Waals surface area contributed by atoms with Crippen LogP contribution in [0.25, 0.3) is 0 Å². The molecule has 158 valence electrons. The summed E-state index contributed by atoms with van der Waals surface area (Å²) in [6.45, 7) is 3.68. The van der Waals surface area contributed by atoms with Gasteiger partial charge in [-0.05, 0) is 30.2 Å². The topological polar surface area (TPSA) is 87.7 Å². The number of carbonyl (C=O) groups is 3. The normalized spacial score (nSPS) is 19.6. The van der Waals surface area contributed by atoms with Crippen LogP contribution in [0, 0.1) is 0 Å². The number of benzene rings is 2. The number of hydrazine groups is 1. The summed E-state index contributed by atoms with van der Waals surface area (Å²) in [7, 11) is 0. The van der Waals surface area contributed by atoms with Gasteiger partial charge in [-0.25, -0.2) is 4.79 Å². The minimum atomic E-state index is -1.10. The van der Waals surface area contributed by atoms with Crippen molar-refractivity contribution in [1.29, 1.82) is 0 Å². The first kappa shape index (κ1) is 21.8. The second kappa shape index (κ2) is 9.30. The van der Waals surface area contributed by atoms with Gasteiger partial charge in [0.2, 0.25) is 11.8 Å². The summed E-state index contributed by atoms with van der Waals surface area (Å²) in [4.78, 5) is 38.2. The molecular weight excluding hydrogens is 450 g/mol. The second-order valence-corrected chi connectivity index (χ2v) is 8.22. The molecule has 1 aliphatic rings. The zero-order valence-corrected chi connectivity index (χ0v) is 18.4. The maximum Gasteiger partial charge on any atom is 0.411 e. The van der Waals surface area contributed by atoms with Crippen LogP contribution in [0.5, 0.6) is 0 Å². The van der Waals surface area contributed by atoms with Crippen LogP contribution < -0.4 is 10.9 Å². The number of amides is 3. The third-order valence-electron chi connectivity index (χ3n) is 5.22. The van der Waals surface area contributed by atoms with Crippen LogP contribution >= 0.6 is 15.9 Å².